The Morgan fingerprint density at radius 2 is 1.74 bits per heavy atom. The maximum absolute atomic E-state index is 13.1. The second-order valence-corrected chi connectivity index (χ2v) is 7.26. The highest BCUT2D eigenvalue weighted by Gasteiger charge is 2.22. The summed E-state index contributed by atoms with van der Waals surface area (Å²) in [5.74, 6) is -0.154. The quantitative estimate of drug-likeness (QED) is 0.231. The number of anilines is 2. The zero-order valence-electron chi connectivity index (χ0n) is 17.6. The van der Waals surface area contributed by atoms with Crippen LogP contribution < -0.4 is 16.7 Å². The van der Waals surface area contributed by atoms with Gasteiger partial charge in [0.05, 0.1) is 42.7 Å². The largest absolute Gasteiger partial charge is 0.321 e. The number of Topliss-reactive ketones (excluding diaryl/α,β-unsaturated/α-hetero) is 1. The van der Waals surface area contributed by atoms with Gasteiger partial charge in [0.15, 0.2) is 5.78 Å². The summed E-state index contributed by atoms with van der Waals surface area (Å²) >= 11 is 0. The highest BCUT2D eigenvalue weighted by Crippen LogP contribution is 2.39. The third-order valence-electron chi connectivity index (χ3n) is 5.10. The molecule has 3 aromatic carbocycles. The first-order chi connectivity index (χ1) is 15.0. The Morgan fingerprint density at radius 1 is 0.968 bits per heavy atom. The van der Waals surface area contributed by atoms with Crippen molar-refractivity contribution in [3.63, 3.8) is 0 Å². The van der Waals surface area contributed by atoms with E-state index in [1.54, 1.807) is 20.1 Å². The highest BCUT2D eigenvalue weighted by atomic mass is 16.6. The third-order valence-corrected chi connectivity index (χ3v) is 5.10. The molecule has 7 heteroatoms. The lowest BCUT2D eigenvalue weighted by Crippen LogP contribution is -2.27. The van der Waals surface area contributed by atoms with Gasteiger partial charge in [-0.05, 0) is 49.4 Å². The standard InChI is InChI=1S/C24H24N4O3/c1-14(25)24(29)17-9-11-21-18(12-15-6-4-5-7-20(15)26-21)23(17)19-13-16(27-30-2)8-10-22(19)28-31-3/h4-14,27-28H,25H2,1-3H3/t14-/m0/s1. The summed E-state index contributed by atoms with van der Waals surface area (Å²) in [6.07, 6.45) is 0. The molecule has 0 unspecified atom stereocenters. The Morgan fingerprint density at radius 3 is 2.48 bits per heavy atom. The van der Waals surface area contributed by atoms with E-state index in [2.05, 4.69) is 17.0 Å². The molecule has 0 aliphatic carbocycles. The predicted octanol–water partition coefficient (Wildman–Crippen LogP) is 4.53. The molecule has 1 heterocycles. The predicted molar refractivity (Wildman–Crippen MR) is 124 cm³/mol. The fourth-order valence-corrected chi connectivity index (χ4v) is 3.72. The number of ketones is 1. The molecule has 7 nitrogen and oxygen atoms in total. The van der Waals surface area contributed by atoms with Gasteiger partial charge in [0, 0.05) is 27.5 Å². The third kappa shape index (κ3) is 3.94. The fourth-order valence-electron chi connectivity index (χ4n) is 3.72. The number of aromatic nitrogens is 1. The molecule has 4 N–H and O–H groups in total. The highest BCUT2D eigenvalue weighted by molar-refractivity contribution is 6.14. The van der Waals surface area contributed by atoms with Crippen LogP contribution in [0.15, 0.2) is 60.7 Å². The van der Waals surface area contributed by atoms with Gasteiger partial charge in [-0.2, -0.15) is 0 Å². The molecule has 31 heavy (non-hydrogen) atoms. The summed E-state index contributed by atoms with van der Waals surface area (Å²) in [7, 11) is 3.08. The molecule has 4 rings (SSSR count). The van der Waals surface area contributed by atoms with Crippen molar-refractivity contribution in [2.45, 2.75) is 13.0 Å². The molecule has 1 atom stereocenters. The molecule has 0 saturated heterocycles. The van der Waals surface area contributed by atoms with Gasteiger partial charge in [0.2, 0.25) is 0 Å². The van der Waals surface area contributed by atoms with Gasteiger partial charge in [-0.25, -0.2) is 4.98 Å². The molecule has 158 valence electrons. The minimum absolute atomic E-state index is 0.154. The van der Waals surface area contributed by atoms with Crippen LogP contribution in [-0.4, -0.2) is 31.0 Å². The molecule has 0 aliphatic heterocycles. The van der Waals surface area contributed by atoms with E-state index < -0.39 is 6.04 Å². The molecule has 0 bridgehead atoms. The number of pyridine rings is 1. The Hall–Kier alpha value is -3.52. The molecule has 0 fully saturated rings. The van der Waals surface area contributed by atoms with E-state index in [1.807, 2.05) is 48.5 Å². The second-order valence-electron chi connectivity index (χ2n) is 7.26. The smallest absolute Gasteiger partial charge is 0.179 e. The van der Waals surface area contributed by atoms with E-state index in [0.29, 0.717) is 11.3 Å². The number of fused-ring (bicyclic) bond motifs is 2. The van der Waals surface area contributed by atoms with Crippen molar-refractivity contribution in [2.24, 2.45) is 5.73 Å². The van der Waals surface area contributed by atoms with Crippen LogP contribution in [0.1, 0.15) is 17.3 Å². The topological polar surface area (TPSA) is 98.5 Å². The first-order valence-corrected chi connectivity index (χ1v) is 9.88. The minimum Gasteiger partial charge on any atom is -0.321 e. The van der Waals surface area contributed by atoms with E-state index in [4.69, 9.17) is 20.4 Å². The molecule has 0 spiro atoms. The molecule has 1 aromatic heterocycles. The van der Waals surface area contributed by atoms with Crippen LogP contribution in [0.2, 0.25) is 0 Å². The van der Waals surface area contributed by atoms with E-state index in [9.17, 15) is 4.79 Å². The minimum atomic E-state index is -0.649. The summed E-state index contributed by atoms with van der Waals surface area (Å²) in [6.45, 7) is 1.69. The molecule has 0 saturated carbocycles. The molecule has 0 radical (unpaired) electrons. The first kappa shape index (κ1) is 20.7. The van der Waals surface area contributed by atoms with Crippen molar-refractivity contribution in [3.8, 4) is 11.1 Å². The number of nitrogens with zero attached hydrogens (tertiary/aromatic N) is 1. The van der Waals surface area contributed by atoms with Crippen LogP contribution in [0.25, 0.3) is 32.9 Å². The van der Waals surface area contributed by atoms with E-state index in [1.165, 1.54) is 7.11 Å². The van der Waals surface area contributed by atoms with Gasteiger partial charge in [0.1, 0.15) is 0 Å². The van der Waals surface area contributed by atoms with Crippen molar-refractivity contribution in [2.75, 3.05) is 25.2 Å². The Balaban J connectivity index is 2.11. The van der Waals surface area contributed by atoms with Gasteiger partial charge >= 0.3 is 0 Å². The molecule has 4 aromatic rings. The number of para-hydroxylation sites is 1. The van der Waals surface area contributed by atoms with Crippen LogP contribution >= 0.6 is 0 Å². The van der Waals surface area contributed by atoms with Crippen LogP contribution in [-0.2, 0) is 9.68 Å². The Bertz CT molecular complexity index is 1270. The van der Waals surface area contributed by atoms with Crippen molar-refractivity contribution in [1.29, 1.82) is 0 Å². The van der Waals surface area contributed by atoms with Crippen molar-refractivity contribution in [3.05, 3.63) is 66.2 Å². The van der Waals surface area contributed by atoms with Gasteiger partial charge in [-0.15, -0.1) is 0 Å². The van der Waals surface area contributed by atoms with Gasteiger partial charge < -0.3 is 5.73 Å². The maximum atomic E-state index is 13.1. The number of carbonyl (C=O) groups is 1. The van der Waals surface area contributed by atoms with Crippen molar-refractivity contribution in [1.82, 2.24) is 4.98 Å². The average molecular weight is 416 g/mol. The number of rotatable bonds is 7. The SMILES string of the molecule is CONc1ccc(NOC)c(-c2c(C(=O)[C@H](C)N)ccc3nc4ccccc4cc23)c1. The lowest BCUT2D eigenvalue weighted by molar-refractivity contribution is 0.0968. The van der Waals surface area contributed by atoms with E-state index in [-0.39, 0.29) is 5.78 Å². The number of hydrogen-bond acceptors (Lipinski definition) is 7. The molecule has 0 amide bonds. The van der Waals surface area contributed by atoms with Crippen molar-refractivity contribution < 1.29 is 14.5 Å². The number of benzene rings is 3. The number of nitrogens with two attached hydrogens (primary N) is 1. The number of hydrogen-bond donors (Lipinski definition) is 3. The van der Waals surface area contributed by atoms with Crippen LogP contribution in [0, 0.1) is 0 Å². The van der Waals surface area contributed by atoms with E-state index in [0.717, 1.165) is 38.6 Å². The monoisotopic (exact) mass is 416 g/mol. The number of nitrogens with one attached hydrogen (secondary N) is 2. The summed E-state index contributed by atoms with van der Waals surface area (Å²) < 4.78 is 0. The van der Waals surface area contributed by atoms with Crippen LogP contribution in [0.5, 0.6) is 0 Å². The maximum Gasteiger partial charge on any atom is 0.179 e. The molecular formula is C24H24N4O3. The Kier molecular flexibility index (Phi) is 5.81. The average Bonchev–Trinajstić information content (AvgIpc) is 2.78. The fraction of sp³-hybridized carbons (Fsp3) is 0.167. The Labute approximate surface area is 180 Å². The van der Waals surface area contributed by atoms with Crippen LogP contribution in [0.3, 0.4) is 0 Å². The van der Waals surface area contributed by atoms with Gasteiger partial charge in [-0.3, -0.25) is 25.4 Å². The van der Waals surface area contributed by atoms with Crippen LogP contribution in [0.4, 0.5) is 11.4 Å². The van der Waals surface area contributed by atoms with Crippen molar-refractivity contribution >= 4 is 39.0 Å². The second kappa shape index (κ2) is 8.69. The number of carbonyl (C=O) groups excluding carboxylic acids is 1. The lowest BCUT2D eigenvalue weighted by atomic mass is 9.89. The summed E-state index contributed by atoms with van der Waals surface area (Å²) in [5.41, 5.74) is 16.8. The van der Waals surface area contributed by atoms with Gasteiger partial charge in [0.25, 0.3) is 0 Å². The summed E-state index contributed by atoms with van der Waals surface area (Å²) in [5, 5.41) is 1.83. The summed E-state index contributed by atoms with van der Waals surface area (Å²) in [4.78, 5) is 28.2. The molecule has 0 aliphatic rings. The zero-order valence-corrected chi connectivity index (χ0v) is 17.6. The zero-order chi connectivity index (χ0) is 22.0. The summed E-state index contributed by atoms with van der Waals surface area (Å²) in [6, 6.07) is 18.5. The lowest BCUT2D eigenvalue weighted by Gasteiger charge is -2.19. The molecular weight excluding hydrogens is 392 g/mol. The van der Waals surface area contributed by atoms with E-state index >= 15 is 0 Å². The normalized spacial score (nSPS) is 12.1. The van der Waals surface area contributed by atoms with Gasteiger partial charge in [-0.1, -0.05) is 18.2 Å². The first-order valence-electron chi connectivity index (χ1n) is 9.88.